The summed E-state index contributed by atoms with van der Waals surface area (Å²) in [6.45, 7) is 8.02. The largest absolute Gasteiger partial charge is 0.370 e. The summed E-state index contributed by atoms with van der Waals surface area (Å²) in [5.74, 6) is -0.775. The summed E-state index contributed by atoms with van der Waals surface area (Å²) in [6, 6.07) is -1.67. The lowest BCUT2D eigenvalue weighted by atomic mass is 10.0. The molecule has 9 heteroatoms. The number of nitrogens with two attached hydrogens (primary N) is 2. The molecule has 0 aliphatic rings. The van der Waals surface area contributed by atoms with Crippen molar-refractivity contribution in [1.29, 1.82) is 5.41 Å². The smallest absolute Gasteiger partial charge is 0.246 e. The van der Waals surface area contributed by atoms with Gasteiger partial charge in [0, 0.05) is 13.0 Å². The molecular weight excluding hydrogens is 358 g/mol. The first-order valence-corrected chi connectivity index (χ1v) is 8.74. The van der Waals surface area contributed by atoms with Gasteiger partial charge in [-0.1, -0.05) is 27.7 Å². The number of imide groups is 1. The SMILES string of the molecule is CC(C)CC(=O)N(C(=O)[C@@H](N)CC(C)C)[C@H](C=O)CCCNC(=N)N.Cl. The van der Waals surface area contributed by atoms with Gasteiger partial charge in [-0.15, -0.1) is 12.4 Å². The van der Waals surface area contributed by atoms with Crippen molar-refractivity contribution in [2.75, 3.05) is 6.54 Å². The molecule has 0 saturated carbocycles. The number of aldehydes is 1. The van der Waals surface area contributed by atoms with Gasteiger partial charge < -0.3 is 21.6 Å². The number of nitrogens with one attached hydrogen (secondary N) is 2. The van der Waals surface area contributed by atoms with E-state index in [4.69, 9.17) is 16.9 Å². The fourth-order valence-electron chi connectivity index (χ4n) is 2.50. The third-order valence-corrected chi connectivity index (χ3v) is 3.61. The average Bonchev–Trinajstić information content (AvgIpc) is 2.47. The molecule has 0 rings (SSSR count). The third kappa shape index (κ3) is 10.4. The maximum Gasteiger partial charge on any atom is 0.246 e. The highest BCUT2D eigenvalue weighted by molar-refractivity contribution is 6.00. The Morgan fingerprint density at radius 2 is 1.77 bits per heavy atom. The molecule has 8 nitrogen and oxygen atoms in total. The molecule has 2 atom stereocenters. The quantitative estimate of drug-likeness (QED) is 0.179. The highest BCUT2D eigenvalue weighted by Gasteiger charge is 2.32. The van der Waals surface area contributed by atoms with Crippen LogP contribution in [0.5, 0.6) is 0 Å². The molecule has 152 valence electrons. The molecule has 26 heavy (non-hydrogen) atoms. The molecule has 0 radical (unpaired) electrons. The second-order valence-electron chi connectivity index (χ2n) is 7.12. The summed E-state index contributed by atoms with van der Waals surface area (Å²) in [4.78, 5) is 37.8. The van der Waals surface area contributed by atoms with Gasteiger partial charge in [0.2, 0.25) is 11.8 Å². The van der Waals surface area contributed by atoms with Crippen molar-refractivity contribution in [3.05, 3.63) is 0 Å². The number of amides is 2. The van der Waals surface area contributed by atoms with Crippen LogP contribution in [0.25, 0.3) is 0 Å². The van der Waals surface area contributed by atoms with E-state index in [0.29, 0.717) is 32.1 Å². The zero-order valence-corrected chi connectivity index (χ0v) is 17.0. The Morgan fingerprint density at radius 1 is 1.19 bits per heavy atom. The first-order valence-electron chi connectivity index (χ1n) is 8.74. The minimum absolute atomic E-state index is 0. The number of rotatable bonds is 11. The lowest BCUT2D eigenvalue weighted by Crippen LogP contribution is -2.53. The average molecular weight is 392 g/mol. The Balaban J connectivity index is 0. The molecule has 0 saturated heterocycles. The van der Waals surface area contributed by atoms with Crippen molar-refractivity contribution >= 4 is 36.5 Å². The van der Waals surface area contributed by atoms with Gasteiger partial charge in [0.05, 0.1) is 12.1 Å². The van der Waals surface area contributed by atoms with Gasteiger partial charge in [0.15, 0.2) is 5.96 Å². The Kier molecular flexibility index (Phi) is 13.8. The van der Waals surface area contributed by atoms with Gasteiger partial charge in [-0.05, 0) is 31.1 Å². The number of hydrogen-bond donors (Lipinski definition) is 4. The van der Waals surface area contributed by atoms with Crippen LogP contribution in [0.15, 0.2) is 0 Å². The zero-order valence-electron chi connectivity index (χ0n) is 16.2. The first-order chi connectivity index (χ1) is 11.6. The second-order valence-corrected chi connectivity index (χ2v) is 7.12. The van der Waals surface area contributed by atoms with Crippen molar-refractivity contribution in [3.8, 4) is 0 Å². The van der Waals surface area contributed by atoms with Gasteiger partial charge in [-0.25, -0.2) is 0 Å². The topological polar surface area (TPSA) is 142 Å². The van der Waals surface area contributed by atoms with E-state index in [0.717, 1.165) is 4.90 Å². The number of halogens is 1. The molecule has 6 N–H and O–H groups in total. The Morgan fingerprint density at radius 3 is 2.19 bits per heavy atom. The number of carbonyl (C=O) groups excluding carboxylic acids is 3. The zero-order chi connectivity index (χ0) is 19.6. The molecule has 0 bridgehead atoms. The number of hydrogen-bond acceptors (Lipinski definition) is 5. The fourth-order valence-corrected chi connectivity index (χ4v) is 2.50. The Labute approximate surface area is 162 Å². The van der Waals surface area contributed by atoms with Crippen molar-refractivity contribution in [1.82, 2.24) is 10.2 Å². The van der Waals surface area contributed by atoms with Crippen LogP contribution >= 0.6 is 12.4 Å². The Hall–Kier alpha value is -1.67. The predicted molar refractivity (Wildman–Crippen MR) is 105 cm³/mol. The third-order valence-electron chi connectivity index (χ3n) is 3.61. The van der Waals surface area contributed by atoms with Gasteiger partial charge >= 0.3 is 0 Å². The minimum Gasteiger partial charge on any atom is -0.370 e. The van der Waals surface area contributed by atoms with E-state index in [1.54, 1.807) is 0 Å². The van der Waals surface area contributed by atoms with Crippen LogP contribution in [0, 0.1) is 17.2 Å². The van der Waals surface area contributed by atoms with Gasteiger partial charge in [-0.3, -0.25) is 19.9 Å². The molecule has 0 spiro atoms. The normalized spacial score (nSPS) is 12.9. The Bertz CT molecular complexity index is 471. The molecule has 0 heterocycles. The van der Waals surface area contributed by atoms with Crippen molar-refractivity contribution < 1.29 is 14.4 Å². The highest BCUT2D eigenvalue weighted by atomic mass is 35.5. The molecule has 0 aliphatic carbocycles. The van der Waals surface area contributed by atoms with Crippen molar-refractivity contribution in [2.45, 2.75) is 65.5 Å². The van der Waals surface area contributed by atoms with Gasteiger partial charge in [-0.2, -0.15) is 0 Å². The fraction of sp³-hybridized carbons (Fsp3) is 0.765. The summed E-state index contributed by atoms with van der Waals surface area (Å²) < 4.78 is 0. The molecule has 0 aliphatic heterocycles. The molecule has 0 aromatic heterocycles. The van der Waals surface area contributed by atoms with Crippen LogP contribution in [-0.4, -0.2) is 47.6 Å². The van der Waals surface area contributed by atoms with E-state index in [1.165, 1.54) is 0 Å². The summed E-state index contributed by atoms with van der Waals surface area (Å²) in [6.07, 6.45) is 2.03. The second kappa shape index (κ2) is 13.5. The molecule has 0 fully saturated rings. The van der Waals surface area contributed by atoms with Crippen LogP contribution in [0.4, 0.5) is 0 Å². The van der Waals surface area contributed by atoms with Crippen LogP contribution in [-0.2, 0) is 14.4 Å². The summed E-state index contributed by atoms with van der Waals surface area (Å²) in [5, 5.41) is 9.74. The number of guanidine groups is 1. The monoisotopic (exact) mass is 391 g/mol. The van der Waals surface area contributed by atoms with Crippen LogP contribution < -0.4 is 16.8 Å². The number of nitrogens with zero attached hydrogens (tertiary/aromatic N) is 1. The van der Waals surface area contributed by atoms with E-state index in [-0.39, 0.29) is 42.5 Å². The van der Waals surface area contributed by atoms with E-state index < -0.39 is 18.0 Å². The molecule has 2 amide bonds. The van der Waals surface area contributed by atoms with Gasteiger partial charge in [0.25, 0.3) is 0 Å². The molecule has 0 aromatic carbocycles. The van der Waals surface area contributed by atoms with E-state index in [9.17, 15) is 14.4 Å². The minimum atomic E-state index is -0.856. The van der Waals surface area contributed by atoms with Gasteiger partial charge in [0.1, 0.15) is 6.29 Å². The summed E-state index contributed by atoms with van der Waals surface area (Å²) >= 11 is 0. The lowest BCUT2D eigenvalue weighted by molar-refractivity contribution is -0.151. The van der Waals surface area contributed by atoms with Crippen LogP contribution in [0.1, 0.15) is 53.4 Å². The summed E-state index contributed by atoms with van der Waals surface area (Å²) in [5.41, 5.74) is 11.2. The standard InChI is InChI=1S/C17H33N5O3.ClH/c1-11(2)8-14(18)16(25)22(15(24)9-12(3)4)13(10-23)6-5-7-21-17(19)20;/h10-14H,5-9,18H2,1-4H3,(H4,19,20,21);1H/t13-,14-;/m0./s1. The van der Waals surface area contributed by atoms with E-state index >= 15 is 0 Å². The van der Waals surface area contributed by atoms with Crippen molar-refractivity contribution in [2.24, 2.45) is 23.3 Å². The van der Waals surface area contributed by atoms with Crippen LogP contribution in [0.2, 0.25) is 0 Å². The number of carbonyl (C=O) groups is 3. The van der Waals surface area contributed by atoms with E-state index in [1.807, 2.05) is 27.7 Å². The summed E-state index contributed by atoms with van der Waals surface area (Å²) in [7, 11) is 0. The van der Waals surface area contributed by atoms with E-state index in [2.05, 4.69) is 5.32 Å². The molecule has 0 aromatic rings. The molecule has 0 unspecified atom stereocenters. The maximum absolute atomic E-state index is 12.7. The molecular formula is C17H34ClN5O3. The lowest BCUT2D eigenvalue weighted by Gasteiger charge is -2.30. The highest BCUT2D eigenvalue weighted by Crippen LogP contribution is 2.15. The first kappa shape index (κ1) is 26.6. The van der Waals surface area contributed by atoms with Crippen LogP contribution in [0.3, 0.4) is 0 Å². The maximum atomic E-state index is 12.7. The van der Waals surface area contributed by atoms with Crippen molar-refractivity contribution in [3.63, 3.8) is 0 Å². The predicted octanol–water partition coefficient (Wildman–Crippen LogP) is 1.01.